The minimum absolute atomic E-state index is 0.0239. The standard InChI is InChI=1S/C13H21NO5/c1-9(10(2)12(16)17)11(15)14(3)8-13(18)4-6-19-7-5-13/h18H,4-8H2,1-3H3,(H,16,17). The van der Waals surface area contributed by atoms with E-state index in [4.69, 9.17) is 9.84 Å². The Balaban J connectivity index is 2.72. The van der Waals surface area contributed by atoms with Crippen LogP contribution in [0, 0.1) is 0 Å². The van der Waals surface area contributed by atoms with Crippen molar-refractivity contribution < 1.29 is 24.5 Å². The van der Waals surface area contributed by atoms with Gasteiger partial charge in [-0.3, -0.25) is 4.79 Å². The highest BCUT2D eigenvalue weighted by atomic mass is 16.5. The molecule has 1 rings (SSSR count). The number of carbonyl (C=O) groups is 2. The van der Waals surface area contributed by atoms with Crippen molar-refractivity contribution in [1.82, 2.24) is 4.90 Å². The molecule has 0 atom stereocenters. The molecule has 0 bridgehead atoms. The van der Waals surface area contributed by atoms with Gasteiger partial charge in [-0.1, -0.05) is 0 Å². The van der Waals surface area contributed by atoms with Crippen molar-refractivity contribution in [3.8, 4) is 0 Å². The molecule has 19 heavy (non-hydrogen) atoms. The Morgan fingerprint density at radius 3 is 2.21 bits per heavy atom. The van der Waals surface area contributed by atoms with E-state index in [-0.39, 0.29) is 23.6 Å². The first-order valence-electron chi connectivity index (χ1n) is 6.23. The van der Waals surface area contributed by atoms with Crippen LogP contribution in [0.4, 0.5) is 0 Å². The molecule has 0 aromatic heterocycles. The molecule has 1 fully saturated rings. The minimum atomic E-state index is -1.11. The molecule has 0 aromatic carbocycles. The van der Waals surface area contributed by atoms with E-state index in [9.17, 15) is 14.7 Å². The normalized spacial score (nSPS) is 19.6. The molecule has 1 heterocycles. The molecule has 1 aliphatic rings. The molecular formula is C13H21NO5. The zero-order valence-corrected chi connectivity index (χ0v) is 11.6. The Morgan fingerprint density at radius 1 is 1.21 bits per heavy atom. The molecule has 108 valence electrons. The van der Waals surface area contributed by atoms with Crippen LogP contribution >= 0.6 is 0 Å². The quantitative estimate of drug-likeness (QED) is 0.723. The topological polar surface area (TPSA) is 87.1 Å². The number of aliphatic hydroxyl groups is 1. The maximum Gasteiger partial charge on any atom is 0.331 e. The van der Waals surface area contributed by atoms with Gasteiger partial charge in [-0.05, 0) is 13.8 Å². The van der Waals surface area contributed by atoms with Crippen LogP contribution in [0.2, 0.25) is 0 Å². The zero-order chi connectivity index (χ0) is 14.6. The van der Waals surface area contributed by atoms with Crippen molar-refractivity contribution in [1.29, 1.82) is 0 Å². The number of hydrogen-bond acceptors (Lipinski definition) is 4. The average Bonchev–Trinajstić information content (AvgIpc) is 2.36. The third kappa shape index (κ3) is 4.04. The molecule has 0 aromatic rings. The van der Waals surface area contributed by atoms with Crippen LogP contribution in [0.25, 0.3) is 0 Å². The number of nitrogens with zero attached hydrogens (tertiary/aromatic N) is 1. The smallest absolute Gasteiger partial charge is 0.331 e. The first-order valence-corrected chi connectivity index (χ1v) is 6.23. The lowest BCUT2D eigenvalue weighted by molar-refractivity contribution is -0.135. The summed E-state index contributed by atoms with van der Waals surface area (Å²) in [4.78, 5) is 24.3. The van der Waals surface area contributed by atoms with Crippen LogP contribution in [0.15, 0.2) is 11.1 Å². The van der Waals surface area contributed by atoms with Crippen molar-refractivity contribution in [2.75, 3.05) is 26.8 Å². The van der Waals surface area contributed by atoms with E-state index < -0.39 is 11.6 Å². The van der Waals surface area contributed by atoms with Gasteiger partial charge in [0, 0.05) is 50.8 Å². The van der Waals surface area contributed by atoms with Gasteiger partial charge in [-0.2, -0.15) is 0 Å². The first kappa shape index (κ1) is 15.7. The highest BCUT2D eigenvalue weighted by Gasteiger charge is 2.32. The zero-order valence-electron chi connectivity index (χ0n) is 11.6. The van der Waals surface area contributed by atoms with Crippen LogP contribution in [-0.2, 0) is 14.3 Å². The fraction of sp³-hybridized carbons (Fsp3) is 0.692. The second-order valence-corrected chi connectivity index (χ2v) is 5.05. The maximum atomic E-state index is 12.1. The molecular weight excluding hydrogens is 250 g/mol. The number of carboxylic acids is 1. The van der Waals surface area contributed by atoms with Crippen molar-refractivity contribution in [3.05, 3.63) is 11.1 Å². The van der Waals surface area contributed by atoms with Gasteiger partial charge >= 0.3 is 5.97 Å². The predicted molar refractivity (Wildman–Crippen MR) is 68.6 cm³/mol. The van der Waals surface area contributed by atoms with Crippen LogP contribution < -0.4 is 0 Å². The molecule has 1 amide bonds. The molecule has 0 spiro atoms. The van der Waals surface area contributed by atoms with E-state index in [1.165, 1.54) is 18.7 Å². The number of rotatable bonds is 4. The average molecular weight is 271 g/mol. The number of amides is 1. The van der Waals surface area contributed by atoms with Crippen LogP contribution in [0.1, 0.15) is 26.7 Å². The van der Waals surface area contributed by atoms with Gasteiger partial charge in [0.25, 0.3) is 0 Å². The Hall–Kier alpha value is -1.40. The van der Waals surface area contributed by atoms with Crippen LogP contribution in [-0.4, -0.2) is 59.4 Å². The predicted octanol–water partition coefficient (Wildman–Crippen LogP) is 0.407. The molecule has 2 N–H and O–H groups in total. The third-order valence-corrected chi connectivity index (χ3v) is 3.51. The Morgan fingerprint density at radius 2 is 1.74 bits per heavy atom. The Bertz CT molecular complexity index is 396. The monoisotopic (exact) mass is 271 g/mol. The second kappa shape index (κ2) is 6.16. The van der Waals surface area contributed by atoms with E-state index in [0.29, 0.717) is 26.1 Å². The Kier molecular flexibility index (Phi) is 5.08. The number of carboxylic acid groups (broad SMARTS) is 1. The Labute approximate surface area is 112 Å². The summed E-state index contributed by atoms with van der Waals surface area (Å²) < 4.78 is 5.17. The molecule has 6 nitrogen and oxygen atoms in total. The summed E-state index contributed by atoms with van der Waals surface area (Å²) in [7, 11) is 1.56. The summed E-state index contributed by atoms with van der Waals surface area (Å²) in [5.41, 5.74) is -0.735. The van der Waals surface area contributed by atoms with Crippen molar-refractivity contribution in [3.63, 3.8) is 0 Å². The molecule has 0 saturated carbocycles. The van der Waals surface area contributed by atoms with Gasteiger partial charge < -0.3 is 19.8 Å². The van der Waals surface area contributed by atoms with Crippen molar-refractivity contribution in [2.24, 2.45) is 0 Å². The molecule has 1 aliphatic heterocycles. The number of likely N-dealkylation sites (N-methyl/N-ethyl adjacent to an activating group) is 1. The van der Waals surface area contributed by atoms with E-state index >= 15 is 0 Å². The molecule has 0 aliphatic carbocycles. The highest BCUT2D eigenvalue weighted by molar-refractivity contribution is 6.01. The van der Waals surface area contributed by atoms with Gasteiger partial charge in [-0.25, -0.2) is 4.79 Å². The lowest BCUT2D eigenvalue weighted by atomic mass is 9.93. The summed E-state index contributed by atoms with van der Waals surface area (Å²) in [6.07, 6.45) is 0.955. The SMILES string of the molecule is CC(C(=O)O)=C(C)C(=O)N(C)CC1(O)CCOCC1. The summed E-state index contributed by atoms with van der Waals surface area (Å²) in [6.45, 7) is 4.01. The van der Waals surface area contributed by atoms with E-state index in [2.05, 4.69) is 0 Å². The van der Waals surface area contributed by atoms with Crippen molar-refractivity contribution in [2.45, 2.75) is 32.3 Å². The van der Waals surface area contributed by atoms with Gasteiger partial charge in [0.1, 0.15) is 0 Å². The van der Waals surface area contributed by atoms with Gasteiger partial charge in [0.2, 0.25) is 5.91 Å². The fourth-order valence-electron chi connectivity index (χ4n) is 2.03. The maximum absolute atomic E-state index is 12.1. The largest absolute Gasteiger partial charge is 0.478 e. The van der Waals surface area contributed by atoms with Crippen LogP contribution in [0.3, 0.4) is 0 Å². The molecule has 0 unspecified atom stereocenters. The van der Waals surface area contributed by atoms with Gasteiger partial charge in [0.15, 0.2) is 0 Å². The minimum Gasteiger partial charge on any atom is -0.478 e. The lowest BCUT2D eigenvalue weighted by Crippen LogP contribution is -2.47. The second-order valence-electron chi connectivity index (χ2n) is 5.05. The fourth-order valence-corrected chi connectivity index (χ4v) is 2.03. The first-order chi connectivity index (χ1) is 8.77. The van der Waals surface area contributed by atoms with Gasteiger partial charge in [-0.15, -0.1) is 0 Å². The summed E-state index contributed by atoms with van der Waals surface area (Å²) in [5.74, 6) is -1.48. The number of hydrogen-bond donors (Lipinski definition) is 2. The van der Waals surface area contributed by atoms with E-state index in [1.807, 2.05) is 0 Å². The number of aliphatic carboxylic acids is 1. The summed E-state index contributed by atoms with van der Waals surface area (Å²) >= 11 is 0. The number of ether oxygens (including phenoxy) is 1. The summed E-state index contributed by atoms with van der Waals surface area (Å²) in [5, 5.41) is 19.2. The third-order valence-electron chi connectivity index (χ3n) is 3.51. The molecule has 1 saturated heterocycles. The summed E-state index contributed by atoms with van der Waals surface area (Å²) in [6, 6.07) is 0. The van der Waals surface area contributed by atoms with E-state index in [1.54, 1.807) is 7.05 Å². The van der Waals surface area contributed by atoms with Crippen LogP contribution in [0.5, 0.6) is 0 Å². The van der Waals surface area contributed by atoms with Crippen molar-refractivity contribution >= 4 is 11.9 Å². The molecule has 0 radical (unpaired) electrons. The van der Waals surface area contributed by atoms with Gasteiger partial charge in [0.05, 0.1) is 5.60 Å². The molecule has 6 heteroatoms. The van der Waals surface area contributed by atoms with E-state index in [0.717, 1.165) is 0 Å². The lowest BCUT2D eigenvalue weighted by Gasteiger charge is -2.35. The highest BCUT2D eigenvalue weighted by Crippen LogP contribution is 2.22. The number of carbonyl (C=O) groups excluding carboxylic acids is 1.